The van der Waals surface area contributed by atoms with Crippen LogP contribution in [0.25, 0.3) is 27.7 Å². The van der Waals surface area contributed by atoms with Gasteiger partial charge < -0.3 is 30.3 Å². The third-order valence-electron chi connectivity index (χ3n) is 8.68. The van der Waals surface area contributed by atoms with Gasteiger partial charge in [0.1, 0.15) is 48.6 Å². The molecule has 2 fully saturated rings. The first-order valence-corrected chi connectivity index (χ1v) is 14.9. The number of rotatable bonds is 7. The molecule has 4 N–H and O–H groups in total. The Balaban J connectivity index is 1.12. The van der Waals surface area contributed by atoms with Gasteiger partial charge in [-0.25, -0.2) is 18.3 Å². The zero-order valence-electron chi connectivity index (χ0n) is 24.8. The van der Waals surface area contributed by atoms with Crippen molar-refractivity contribution in [1.82, 2.24) is 29.4 Å². The van der Waals surface area contributed by atoms with Gasteiger partial charge in [0.05, 0.1) is 16.9 Å². The fraction of sp³-hybridized carbons (Fsp3) is 0.419. The van der Waals surface area contributed by atoms with Crippen LogP contribution < -0.4 is 15.4 Å². The fourth-order valence-electron chi connectivity index (χ4n) is 6.21. The lowest BCUT2D eigenvalue weighted by atomic mass is 10.0. The van der Waals surface area contributed by atoms with E-state index in [2.05, 4.69) is 15.2 Å². The minimum Gasteiger partial charge on any atom is -0.491 e. The lowest BCUT2D eigenvalue weighted by Gasteiger charge is -2.34. The Morgan fingerprint density at radius 2 is 1.91 bits per heavy atom. The van der Waals surface area contributed by atoms with E-state index in [9.17, 15) is 19.0 Å². The molecule has 236 valence electrons. The van der Waals surface area contributed by atoms with E-state index >= 15 is 0 Å². The Morgan fingerprint density at radius 3 is 2.64 bits per heavy atom. The van der Waals surface area contributed by atoms with Gasteiger partial charge in [-0.15, -0.1) is 0 Å². The van der Waals surface area contributed by atoms with Gasteiger partial charge in [-0.1, -0.05) is 6.92 Å². The number of aliphatic hydroxyl groups excluding tert-OH is 2. The lowest BCUT2D eigenvalue weighted by molar-refractivity contribution is -0.0220. The Morgan fingerprint density at radius 1 is 1.11 bits per heavy atom. The normalized spacial score (nSPS) is 23.3. The summed E-state index contributed by atoms with van der Waals surface area (Å²) in [6, 6.07) is 11.0. The molecule has 0 amide bonds. The largest absolute Gasteiger partial charge is 0.491 e. The predicted octanol–water partition coefficient (Wildman–Crippen LogP) is 3.30. The summed E-state index contributed by atoms with van der Waals surface area (Å²) in [5.41, 5.74) is 11.0. The molecule has 7 rings (SSSR count). The summed E-state index contributed by atoms with van der Waals surface area (Å²) >= 11 is 0. The highest BCUT2D eigenvalue weighted by Gasteiger charge is 2.45. The predicted molar refractivity (Wildman–Crippen MR) is 162 cm³/mol. The van der Waals surface area contributed by atoms with Crippen LogP contribution in [0.4, 0.5) is 20.3 Å². The number of halogens is 2. The van der Waals surface area contributed by atoms with Gasteiger partial charge in [0, 0.05) is 67.6 Å². The van der Waals surface area contributed by atoms with Gasteiger partial charge in [0.25, 0.3) is 5.92 Å². The number of anilines is 2. The molecular weight excluding hydrogens is 586 g/mol. The number of aromatic nitrogens is 6. The van der Waals surface area contributed by atoms with Gasteiger partial charge >= 0.3 is 0 Å². The number of hydrogen-bond acceptors (Lipinski definition) is 10. The van der Waals surface area contributed by atoms with Crippen LogP contribution in [0.2, 0.25) is 0 Å². The van der Waals surface area contributed by atoms with Crippen LogP contribution in [0.5, 0.6) is 5.75 Å². The molecule has 0 aliphatic carbocycles. The zero-order chi connectivity index (χ0) is 31.5. The van der Waals surface area contributed by atoms with Gasteiger partial charge in [-0.05, 0) is 36.8 Å². The van der Waals surface area contributed by atoms with Crippen molar-refractivity contribution in [3.63, 3.8) is 0 Å². The Labute approximate surface area is 257 Å². The van der Waals surface area contributed by atoms with E-state index in [0.717, 1.165) is 16.8 Å². The summed E-state index contributed by atoms with van der Waals surface area (Å²) in [4.78, 5) is 10.9. The standard InChI is InChI=1S/C31H34F2N8O4/c1-3-17-12-23(40-10-7-31(32,33)8-11-40)19-5-4-18(13-22(19)37-17)44-15-25-27(42)28(43)29(45-25)24-14-20(21-6-9-39(2)38-21)26-30(34)35-16-36-41(24)26/h4-6,9,12-14,16,25,27-29,42-43H,3,7-8,10-11,15H2,1-2H3,(H2,34,35,36)/t25-,27-,28-,29+/m1/s1. The number of hydrogen-bond donors (Lipinski definition) is 3. The number of alkyl halides is 2. The van der Waals surface area contributed by atoms with Crippen LogP contribution >= 0.6 is 0 Å². The molecule has 4 aromatic heterocycles. The number of piperidine rings is 1. The molecule has 0 spiro atoms. The van der Waals surface area contributed by atoms with E-state index in [-0.39, 0.29) is 38.4 Å². The number of nitrogens with two attached hydrogens (primary N) is 1. The summed E-state index contributed by atoms with van der Waals surface area (Å²) in [7, 11) is 1.80. The Bertz CT molecular complexity index is 1870. The third kappa shape index (κ3) is 5.32. The second-order valence-corrected chi connectivity index (χ2v) is 11.7. The van der Waals surface area contributed by atoms with Crippen molar-refractivity contribution in [2.75, 3.05) is 30.3 Å². The minimum atomic E-state index is -2.63. The van der Waals surface area contributed by atoms with Crippen molar-refractivity contribution in [3.8, 4) is 17.0 Å². The molecule has 4 atom stereocenters. The molecule has 6 heterocycles. The maximum Gasteiger partial charge on any atom is 0.251 e. The Hall–Kier alpha value is -4.40. The molecular formula is C31H34F2N8O4. The van der Waals surface area contributed by atoms with Crippen LogP contribution in [-0.2, 0) is 18.2 Å². The van der Waals surface area contributed by atoms with E-state index in [1.807, 2.05) is 30.0 Å². The molecule has 0 bridgehead atoms. The first-order chi connectivity index (χ1) is 21.6. The summed E-state index contributed by atoms with van der Waals surface area (Å²) in [5.74, 6) is -1.90. The molecule has 12 nitrogen and oxygen atoms in total. The summed E-state index contributed by atoms with van der Waals surface area (Å²) in [5, 5.41) is 31.7. The van der Waals surface area contributed by atoms with Crippen molar-refractivity contribution in [2.24, 2.45) is 7.05 Å². The van der Waals surface area contributed by atoms with Crippen LogP contribution in [0.3, 0.4) is 0 Å². The van der Waals surface area contributed by atoms with E-state index in [1.54, 1.807) is 40.6 Å². The van der Waals surface area contributed by atoms with Gasteiger partial charge in [0.2, 0.25) is 0 Å². The average molecular weight is 621 g/mol. The van der Waals surface area contributed by atoms with E-state index in [4.69, 9.17) is 20.2 Å². The molecule has 2 aliphatic heterocycles. The molecule has 5 aromatic rings. The van der Waals surface area contributed by atoms with Crippen molar-refractivity contribution in [2.45, 2.75) is 56.5 Å². The van der Waals surface area contributed by atoms with Crippen molar-refractivity contribution in [3.05, 3.63) is 60.3 Å². The van der Waals surface area contributed by atoms with Crippen molar-refractivity contribution >= 4 is 27.9 Å². The van der Waals surface area contributed by atoms with Crippen LogP contribution in [0.15, 0.2) is 48.9 Å². The van der Waals surface area contributed by atoms with Crippen molar-refractivity contribution < 1.29 is 28.5 Å². The molecule has 0 unspecified atom stereocenters. The lowest BCUT2D eigenvalue weighted by Crippen LogP contribution is -2.39. The first-order valence-electron chi connectivity index (χ1n) is 14.9. The van der Waals surface area contributed by atoms with Crippen LogP contribution in [-0.4, -0.2) is 83.5 Å². The molecule has 14 heteroatoms. The van der Waals surface area contributed by atoms with Gasteiger partial charge in [0.15, 0.2) is 5.82 Å². The molecule has 1 aromatic carbocycles. The summed E-state index contributed by atoms with van der Waals surface area (Å²) in [6.45, 7) is 2.49. The van der Waals surface area contributed by atoms with Crippen LogP contribution in [0.1, 0.15) is 37.3 Å². The van der Waals surface area contributed by atoms with Gasteiger partial charge in [-0.2, -0.15) is 10.2 Å². The number of fused-ring (bicyclic) bond motifs is 2. The number of pyridine rings is 1. The molecule has 2 aliphatic rings. The smallest absolute Gasteiger partial charge is 0.251 e. The average Bonchev–Trinajstić information content (AvgIpc) is 3.71. The quantitative estimate of drug-likeness (QED) is 0.247. The van der Waals surface area contributed by atoms with Crippen LogP contribution in [0, 0.1) is 0 Å². The first kappa shape index (κ1) is 29.3. The minimum absolute atomic E-state index is 0.0463. The number of nitrogen functional groups attached to an aromatic ring is 1. The SMILES string of the molecule is CCc1cc(N2CCC(F)(F)CC2)c2ccc(OC[C@H]3O[C@@H](c4cc(-c5ccn(C)n5)c5c(N)ncnn45)[C@H](O)[C@@H]3O)cc2n1. The molecule has 45 heavy (non-hydrogen) atoms. The highest BCUT2D eigenvalue weighted by atomic mass is 19.3. The number of nitrogens with zero attached hydrogens (tertiary/aromatic N) is 7. The second kappa shape index (κ2) is 11.2. The highest BCUT2D eigenvalue weighted by Crippen LogP contribution is 2.39. The number of ether oxygens (including phenoxy) is 2. The fourth-order valence-corrected chi connectivity index (χ4v) is 6.21. The molecule has 0 radical (unpaired) electrons. The molecule has 0 saturated carbocycles. The highest BCUT2D eigenvalue weighted by molar-refractivity contribution is 5.93. The van der Waals surface area contributed by atoms with Gasteiger partial charge in [-0.3, -0.25) is 9.67 Å². The number of aryl methyl sites for hydroxylation is 2. The summed E-state index contributed by atoms with van der Waals surface area (Å²) < 4.78 is 43.1. The van der Waals surface area contributed by atoms with Crippen molar-refractivity contribution in [1.29, 1.82) is 0 Å². The number of benzene rings is 1. The molecule has 2 saturated heterocycles. The topological polar surface area (TPSA) is 149 Å². The third-order valence-corrected chi connectivity index (χ3v) is 8.68. The maximum absolute atomic E-state index is 13.8. The Kier molecular flexibility index (Phi) is 7.29. The zero-order valence-corrected chi connectivity index (χ0v) is 24.8. The second-order valence-electron chi connectivity index (χ2n) is 11.7. The van der Waals surface area contributed by atoms with E-state index < -0.39 is 30.3 Å². The maximum atomic E-state index is 13.8. The van der Waals surface area contributed by atoms with E-state index in [0.29, 0.717) is 40.2 Å². The van der Waals surface area contributed by atoms with E-state index in [1.165, 1.54) is 6.33 Å². The monoisotopic (exact) mass is 620 g/mol. The number of aliphatic hydroxyl groups is 2. The summed E-state index contributed by atoms with van der Waals surface area (Å²) in [6.07, 6.45) is -0.858.